The summed E-state index contributed by atoms with van der Waals surface area (Å²) in [6.45, 7) is 2.15. The molecule has 0 unspecified atom stereocenters. The number of anilines is 1. The molecule has 0 aliphatic heterocycles. The van der Waals surface area contributed by atoms with E-state index >= 15 is 0 Å². The van der Waals surface area contributed by atoms with E-state index in [9.17, 15) is 8.42 Å². The molecule has 0 saturated carbocycles. The minimum Gasteiger partial charge on any atom is -0.320 e. The molecule has 0 fully saturated rings. The molecule has 1 heterocycles. The Morgan fingerprint density at radius 1 is 1.33 bits per heavy atom. The van der Waals surface area contributed by atoms with Crippen molar-refractivity contribution >= 4 is 15.7 Å². The third-order valence-corrected chi connectivity index (χ3v) is 4.11. The van der Waals surface area contributed by atoms with Crippen LogP contribution in [0.25, 0.3) is 0 Å². The zero-order valence-corrected chi connectivity index (χ0v) is 12.3. The number of pyridine rings is 1. The molecular weight excluding hydrogens is 286 g/mol. The molecular formula is C15H15N3O2S. The minimum atomic E-state index is -3.63. The van der Waals surface area contributed by atoms with Crippen molar-refractivity contribution in [2.75, 3.05) is 11.3 Å². The summed E-state index contributed by atoms with van der Waals surface area (Å²) in [6, 6.07) is 8.23. The van der Waals surface area contributed by atoms with E-state index in [0.29, 0.717) is 5.69 Å². The highest BCUT2D eigenvalue weighted by Gasteiger charge is 2.14. The molecule has 1 aromatic carbocycles. The molecule has 0 bridgehead atoms. The fraction of sp³-hybridized carbons (Fsp3) is 0.133. The molecule has 5 nitrogen and oxygen atoms in total. The number of nitrogens with two attached hydrogens (primary N) is 1. The Labute approximate surface area is 124 Å². The average molecular weight is 301 g/mol. The number of aromatic nitrogens is 1. The number of hydrogen-bond acceptors (Lipinski definition) is 4. The Hall–Kier alpha value is -2.36. The van der Waals surface area contributed by atoms with Crippen LogP contribution in [0.5, 0.6) is 0 Å². The summed E-state index contributed by atoms with van der Waals surface area (Å²) >= 11 is 0. The maximum absolute atomic E-state index is 12.2. The van der Waals surface area contributed by atoms with Gasteiger partial charge in [0, 0.05) is 23.6 Å². The number of sulfonamides is 1. The quantitative estimate of drug-likeness (QED) is 0.841. The van der Waals surface area contributed by atoms with Crippen molar-refractivity contribution in [1.29, 1.82) is 0 Å². The lowest BCUT2D eigenvalue weighted by Gasteiger charge is -2.09. The molecule has 0 amide bonds. The monoisotopic (exact) mass is 301 g/mol. The lowest BCUT2D eigenvalue weighted by Crippen LogP contribution is -2.13. The van der Waals surface area contributed by atoms with Gasteiger partial charge in [0.1, 0.15) is 4.90 Å². The zero-order valence-electron chi connectivity index (χ0n) is 11.5. The van der Waals surface area contributed by atoms with Gasteiger partial charge in [-0.25, -0.2) is 8.42 Å². The van der Waals surface area contributed by atoms with Crippen LogP contribution in [0.1, 0.15) is 11.1 Å². The second-order valence-corrected chi connectivity index (χ2v) is 6.01. The highest BCUT2D eigenvalue weighted by molar-refractivity contribution is 7.92. The van der Waals surface area contributed by atoms with Crippen LogP contribution in [-0.2, 0) is 10.0 Å². The van der Waals surface area contributed by atoms with E-state index in [2.05, 4.69) is 21.5 Å². The Morgan fingerprint density at radius 3 is 2.76 bits per heavy atom. The minimum absolute atomic E-state index is 0.120. The highest BCUT2D eigenvalue weighted by Crippen LogP contribution is 2.18. The van der Waals surface area contributed by atoms with E-state index in [-0.39, 0.29) is 11.4 Å². The molecule has 0 aliphatic carbocycles. The molecule has 108 valence electrons. The summed E-state index contributed by atoms with van der Waals surface area (Å²) in [5, 5.41) is 0. The van der Waals surface area contributed by atoms with E-state index in [4.69, 9.17) is 5.73 Å². The largest absolute Gasteiger partial charge is 0.320 e. The van der Waals surface area contributed by atoms with E-state index in [1.807, 2.05) is 6.92 Å². The van der Waals surface area contributed by atoms with Gasteiger partial charge in [-0.15, -0.1) is 0 Å². The van der Waals surface area contributed by atoms with Crippen molar-refractivity contribution in [2.45, 2.75) is 11.8 Å². The summed E-state index contributed by atoms with van der Waals surface area (Å²) in [5.41, 5.74) is 7.51. The SMILES string of the molecule is Cc1cc(NS(=O)(=O)c2cccnc2)ccc1C#CCN. The van der Waals surface area contributed by atoms with Crippen molar-refractivity contribution in [1.82, 2.24) is 4.98 Å². The maximum Gasteiger partial charge on any atom is 0.263 e. The molecule has 0 radical (unpaired) electrons. The topological polar surface area (TPSA) is 85.1 Å². The van der Waals surface area contributed by atoms with E-state index in [0.717, 1.165) is 11.1 Å². The fourth-order valence-electron chi connectivity index (χ4n) is 1.73. The second kappa shape index (κ2) is 6.39. The number of nitrogens with zero attached hydrogens (tertiary/aromatic N) is 1. The summed E-state index contributed by atoms with van der Waals surface area (Å²) in [5.74, 6) is 5.70. The van der Waals surface area contributed by atoms with Crippen LogP contribution >= 0.6 is 0 Å². The second-order valence-electron chi connectivity index (χ2n) is 4.33. The van der Waals surface area contributed by atoms with Gasteiger partial charge in [0.25, 0.3) is 10.0 Å². The summed E-state index contributed by atoms with van der Waals surface area (Å²) in [4.78, 5) is 3.93. The summed E-state index contributed by atoms with van der Waals surface area (Å²) in [6.07, 6.45) is 2.82. The predicted molar refractivity (Wildman–Crippen MR) is 82.2 cm³/mol. The van der Waals surface area contributed by atoms with E-state index < -0.39 is 10.0 Å². The molecule has 6 heteroatoms. The number of rotatable bonds is 3. The molecule has 3 N–H and O–H groups in total. The molecule has 0 atom stereocenters. The van der Waals surface area contributed by atoms with Gasteiger partial charge in [-0.2, -0.15) is 0 Å². The first-order chi connectivity index (χ1) is 10.0. The third kappa shape index (κ3) is 3.81. The Morgan fingerprint density at radius 2 is 2.14 bits per heavy atom. The lowest BCUT2D eigenvalue weighted by molar-refractivity contribution is 0.601. The molecule has 0 aliphatic rings. The standard InChI is InChI=1S/C15H15N3O2S/c1-12-10-14(7-6-13(12)4-2-8-16)18-21(19,20)15-5-3-9-17-11-15/h3,5-7,9-11,18H,8,16H2,1H3. The number of nitrogens with one attached hydrogen (secondary N) is 1. The molecule has 2 rings (SSSR count). The van der Waals surface area contributed by atoms with Crippen LogP contribution in [0.2, 0.25) is 0 Å². The first kappa shape index (κ1) is 15.0. The van der Waals surface area contributed by atoms with Crippen molar-refractivity contribution in [3.63, 3.8) is 0 Å². The third-order valence-electron chi connectivity index (χ3n) is 2.75. The predicted octanol–water partition coefficient (Wildman–Crippen LogP) is 1.50. The van der Waals surface area contributed by atoms with Gasteiger partial charge in [-0.1, -0.05) is 11.8 Å². The molecule has 0 spiro atoms. The molecule has 1 aromatic heterocycles. The van der Waals surface area contributed by atoms with E-state index in [1.165, 1.54) is 18.5 Å². The van der Waals surface area contributed by atoms with Crippen molar-refractivity contribution in [3.05, 3.63) is 53.9 Å². The molecule has 0 saturated heterocycles. The Kier molecular flexibility index (Phi) is 4.58. The van der Waals surface area contributed by atoms with Crippen molar-refractivity contribution in [2.24, 2.45) is 5.73 Å². The van der Waals surface area contributed by atoms with Crippen LogP contribution in [0, 0.1) is 18.8 Å². The van der Waals surface area contributed by atoms with Gasteiger partial charge in [0.15, 0.2) is 0 Å². The first-order valence-corrected chi connectivity index (χ1v) is 7.73. The van der Waals surface area contributed by atoms with Crippen LogP contribution < -0.4 is 10.5 Å². The van der Waals surface area contributed by atoms with Crippen molar-refractivity contribution < 1.29 is 8.42 Å². The average Bonchev–Trinajstić information content (AvgIpc) is 2.47. The van der Waals surface area contributed by atoms with Gasteiger partial charge >= 0.3 is 0 Å². The van der Waals surface area contributed by atoms with Gasteiger partial charge in [0.2, 0.25) is 0 Å². The lowest BCUT2D eigenvalue weighted by atomic mass is 10.1. The van der Waals surface area contributed by atoms with Gasteiger partial charge < -0.3 is 5.73 Å². The van der Waals surface area contributed by atoms with E-state index in [1.54, 1.807) is 24.3 Å². The van der Waals surface area contributed by atoms with Gasteiger partial charge in [-0.05, 0) is 42.8 Å². The van der Waals surface area contributed by atoms with Crippen LogP contribution in [0.3, 0.4) is 0 Å². The number of hydrogen-bond donors (Lipinski definition) is 2. The van der Waals surface area contributed by atoms with Crippen LogP contribution in [0.15, 0.2) is 47.6 Å². The number of aryl methyl sites for hydroxylation is 1. The Balaban J connectivity index is 2.27. The summed E-state index contributed by atoms with van der Waals surface area (Å²) in [7, 11) is -3.63. The Bertz CT molecular complexity index is 791. The smallest absolute Gasteiger partial charge is 0.263 e. The van der Waals surface area contributed by atoms with Crippen molar-refractivity contribution in [3.8, 4) is 11.8 Å². The van der Waals surface area contributed by atoms with Gasteiger partial charge in [0.05, 0.1) is 6.54 Å². The number of benzene rings is 1. The fourth-order valence-corrected chi connectivity index (χ4v) is 2.75. The normalized spacial score (nSPS) is 10.6. The molecule has 2 aromatic rings. The van der Waals surface area contributed by atoms with Crippen LogP contribution in [-0.4, -0.2) is 19.9 Å². The zero-order chi connectivity index (χ0) is 15.3. The maximum atomic E-state index is 12.2. The summed E-state index contributed by atoms with van der Waals surface area (Å²) < 4.78 is 26.9. The highest BCUT2D eigenvalue weighted by atomic mass is 32.2. The molecule has 21 heavy (non-hydrogen) atoms. The van der Waals surface area contributed by atoms with Gasteiger partial charge in [-0.3, -0.25) is 9.71 Å². The first-order valence-electron chi connectivity index (χ1n) is 6.25. The van der Waals surface area contributed by atoms with Crippen LogP contribution in [0.4, 0.5) is 5.69 Å².